The molecule has 0 amide bonds. The molecule has 2 atom stereocenters. The molecule has 0 saturated carbocycles. The fourth-order valence-electron chi connectivity index (χ4n) is 4.37. The minimum absolute atomic E-state index is 0.125. The average molecular weight is 439 g/mol. The van der Waals surface area contributed by atoms with E-state index in [0.29, 0.717) is 6.61 Å². The molecule has 1 aliphatic rings. The van der Waals surface area contributed by atoms with E-state index in [0.717, 1.165) is 18.8 Å². The number of rotatable bonds is 23. The maximum Gasteiger partial charge on any atom is 0.338 e. The second-order valence-electron chi connectivity index (χ2n) is 10.2. The summed E-state index contributed by atoms with van der Waals surface area (Å²) in [6.45, 7) is 7.41. The lowest BCUT2D eigenvalue weighted by Gasteiger charge is -2.05. The molecule has 0 aromatic carbocycles. The fraction of sp³-hybridized carbons (Fsp3) is 0.964. The molecule has 0 aromatic heterocycles. The first-order valence-corrected chi connectivity index (χ1v) is 14.0. The summed E-state index contributed by atoms with van der Waals surface area (Å²) in [6, 6.07) is 0. The van der Waals surface area contributed by atoms with Gasteiger partial charge in [0.15, 0.2) is 6.10 Å². The van der Waals surface area contributed by atoms with Crippen LogP contribution in [0.3, 0.4) is 0 Å². The predicted molar refractivity (Wildman–Crippen MR) is 132 cm³/mol. The van der Waals surface area contributed by atoms with Gasteiger partial charge in [0.05, 0.1) is 12.7 Å². The Bertz CT molecular complexity index is 407. The summed E-state index contributed by atoms with van der Waals surface area (Å²) in [7, 11) is 0. The van der Waals surface area contributed by atoms with E-state index in [2.05, 4.69) is 20.8 Å². The van der Waals surface area contributed by atoms with Gasteiger partial charge in [-0.25, -0.2) is 4.79 Å². The highest BCUT2D eigenvalue weighted by Crippen LogP contribution is 2.29. The molecule has 0 bridgehead atoms. The molecule has 1 saturated heterocycles. The highest BCUT2D eigenvalue weighted by Gasteiger charge is 2.45. The van der Waals surface area contributed by atoms with Crippen LogP contribution in [0.2, 0.25) is 0 Å². The van der Waals surface area contributed by atoms with Crippen LogP contribution in [-0.2, 0) is 14.3 Å². The van der Waals surface area contributed by atoms with E-state index in [4.69, 9.17) is 9.47 Å². The second-order valence-corrected chi connectivity index (χ2v) is 10.2. The highest BCUT2D eigenvalue weighted by atomic mass is 16.6. The van der Waals surface area contributed by atoms with E-state index >= 15 is 0 Å². The Labute approximate surface area is 194 Å². The zero-order valence-electron chi connectivity index (χ0n) is 21.3. The van der Waals surface area contributed by atoms with Crippen LogP contribution >= 0.6 is 0 Å². The van der Waals surface area contributed by atoms with Gasteiger partial charge in [-0.05, 0) is 18.8 Å². The van der Waals surface area contributed by atoms with Gasteiger partial charge in [0.25, 0.3) is 0 Å². The van der Waals surface area contributed by atoms with Crippen LogP contribution in [0.1, 0.15) is 149 Å². The number of carbonyl (C=O) groups excluding carboxylic acids is 1. The topological polar surface area (TPSA) is 38.8 Å². The number of hydrogen-bond acceptors (Lipinski definition) is 3. The summed E-state index contributed by atoms with van der Waals surface area (Å²) in [5, 5.41) is 0. The third-order valence-corrected chi connectivity index (χ3v) is 6.58. The van der Waals surface area contributed by atoms with Gasteiger partial charge in [0.2, 0.25) is 0 Å². The number of esters is 1. The quantitative estimate of drug-likeness (QED) is 0.0908. The maximum absolute atomic E-state index is 12.0. The molecule has 1 rings (SSSR count). The molecule has 0 aromatic rings. The van der Waals surface area contributed by atoms with Gasteiger partial charge >= 0.3 is 5.97 Å². The van der Waals surface area contributed by atoms with Crippen molar-refractivity contribution >= 4 is 5.97 Å². The van der Waals surface area contributed by atoms with E-state index in [9.17, 15) is 4.79 Å². The van der Waals surface area contributed by atoms with E-state index < -0.39 is 0 Å². The smallest absolute Gasteiger partial charge is 0.338 e. The molecule has 1 fully saturated rings. The largest absolute Gasteiger partial charge is 0.464 e. The Hall–Kier alpha value is -0.570. The molecule has 31 heavy (non-hydrogen) atoms. The molecular weight excluding hydrogens is 384 g/mol. The normalized spacial score (nSPS) is 17.9. The lowest BCUT2D eigenvalue weighted by Crippen LogP contribution is -2.14. The Morgan fingerprint density at radius 2 is 1.19 bits per heavy atom. The van der Waals surface area contributed by atoms with Crippen molar-refractivity contribution in [3.05, 3.63) is 0 Å². The van der Waals surface area contributed by atoms with Gasteiger partial charge in [-0.1, -0.05) is 136 Å². The highest BCUT2D eigenvalue weighted by molar-refractivity contribution is 5.77. The summed E-state index contributed by atoms with van der Waals surface area (Å²) in [6.07, 6.45) is 26.1. The third kappa shape index (κ3) is 17.6. The van der Waals surface area contributed by atoms with Crippen molar-refractivity contribution in [3.8, 4) is 0 Å². The number of ether oxygens (including phenoxy) is 2. The van der Waals surface area contributed by atoms with Crippen molar-refractivity contribution in [2.45, 2.75) is 161 Å². The maximum atomic E-state index is 12.0. The van der Waals surface area contributed by atoms with Crippen LogP contribution in [0.15, 0.2) is 0 Å². The molecule has 0 aliphatic carbocycles. The standard InChI is InChI=1S/C28H54O3/c1-4-5-6-7-8-9-10-11-12-13-14-17-20-23-26-27(31-26)28(29)30-24-21-18-15-16-19-22-25(2)3/h25-27H,4-24H2,1-3H3. The molecule has 0 radical (unpaired) electrons. The summed E-state index contributed by atoms with van der Waals surface area (Å²) >= 11 is 0. The molecule has 3 heteroatoms. The van der Waals surface area contributed by atoms with Gasteiger partial charge in [0.1, 0.15) is 0 Å². The Morgan fingerprint density at radius 3 is 1.74 bits per heavy atom. The number of epoxide rings is 1. The molecule has 2 unspecified atom stereocenters. The van der Waals surface area contributed by atoms with Crippen molar-refractivity contribution in [2.75, 3.05) is 6.61 Å². The minimum atomic E-state index is -0.261. The van der Waals surface area contributed by atoms with Crippen molar-refractivity contribution < 1.29 is 14.3 Å². The summed E-state index contributed by atoms with van der Waals surface area (Å²) in [4.78, 5) is 12.0. The van der Waals surface area contributed by atoms with Crippen molar-refractivity contribution in [3.63, 3.8) is 0 Å². The monoisotopic (exact) mass is 438 g/mol. The molecular formula is C28H54O3. The van der Waals surface area contributed by atoms with Crippen molar-refractivity contribution in [2.24, 2.45) is 5.92 Å². The molecule has 0 spiro atoms. The molecule has 1 aliphatic heterocycles. The predicted octanol–water partition coefficient (Wildman–Crippen LogP) is 8.77. The van der Waals surface area contributed by atoms with Gasteiger partial charge in [-0.3, -0.25) is 0 Å². The first-order valence-electron chi connectivity index (χ1n) is 14.0. The van der Waals surface area contributed by atoms with E-state index in [-0.39, 0.29) is 18.2 Å². The first-order chi connectivity index (χ1) is 15.1. The zero-order valence-corrected chi connectivity index (χ0v) is 21.3. The zero-order chi connectivity index (χ0) is 22.6. The van der Waals surface area contributed by atoms with Gasteiger partial charge in [0, 0.05) is 0 Å². The molecule has 0 N–H and O–H groups in total. The van der Waals surface area contributed by atoms with Crippen LogP contribution in [0, 0.1) is 5.92 Å². The molecule has 1 heterocycles. The number of unbranched alkanes of at least 4 members (excludes halogenated alkanes) is 16. The second kappa shape index (κ2) is 20.1. The van der Waals surface area contributed by atoms with E-state index in [1.807, 2.05) is 0 Å². The van der Waals surface area contributed by atoms with Crippen molar-refractivity contribution in [1.82, 2.24) is 0 Å². The Kier molecular flexibility index (Phi) is 18.4. The lowest BCUT2D eigenvalue weighted by atomic mass is 10.0. The summed E-state index contributed by atoms with van der Waals surface area (Å²) in [5.74, 6) is 0.687. The van der Waals surface area contributed by atoms with E-state index in [1.165, 1.54) is 116 Å². The number of hydrogen-bond donors (Lipinski definition) is 0. The van der Waals surface area contributed by atoms with Crippen LogP contribution in [0.4, 0.5) is 0 Å². The van der Waals surface area contributed by atoms with Gasteiger partial charge in [-0.2, -0.15) is 0 Å². The van der Waals surface area contributed by atoms with E-state index in [1.54, 1.807) is 0 Å². The molecule has 184 valence electrons. The number of carbonyl (C=O) groups is 1. The van der Waals surface area contributed by atoms with Crippen LogP contribution in [-0.4, -0.2) is 24.8 Å². The van der Waals surface area contributed by atoms with Crippen LogP contribution in [0.25, 0.3) is 0 Å². The van der Waals surface area contributed by atoms with Crippen LogP contribution < -0.4 is 0 Å². The molecule has 3 nitrogen and oxygen atoms in total. The SMILES string of the molecule is CCCCCCCCCCCCCCCC1OC1C(=O)OCCCCCCCC(C)C. The van der Waals surface area contributed by atoms with Gasteiger partial charge < -0.3 is 9.47 Å². The summed E-state index contributed by atoms with van der Waals surface area (Å²) in [5.41, 5.74) is 0. The fourth-order valence-corrected chi connectivity index (χ4v) is 4.37. The first kappa shape index (κ1) is 28.5. The average Bonchev–Trinajstić information content (AvgIpc) is 3.52. The summed E-state index contributed by atoms with van der Waals surface area (Å²) < 4.78 is 10.9. The van der Waals surface area contributed by atoms with Crippen LogP contribution in [0.5, 0.6) is 0 Å². The minimum Gasteiger partial charge on any atom is -0.464 e. The Balaban J connectivity index is 1.78. The third-order valence-electron chi connectivity index (χ3n) is 6.58. The lowest BCUT2D eigenvalue weighted by molar-refractivity contribution is -0.145. The Morgan fingerprint density at radius 1 is 0.710 bits per heavy atom. The van der Waals surface area contributed by atoms with Crippen molar-refractivity contribution in [1.29, 1.82) is 0 Å². The van der Waals surface area contributed by atoms with Gasteiger partial charge in [-0.15, -0.1) is 0 Å².